The second kappa shape index (κ2) is 8.74. The first kappa shape index (κ1) is 17.6. The van der Waals surface area contributed by atoms with Gasteiger partial charge in [-0.1, -0.05) is 23.2 Å². The van der Waals surface area contributed by atoms with Crippen LogP contribution >= 0.6 is 23.2 Å². The van der Waals surface area contributed by atoms with Gasteiger partial charge in [-0.15, -0.1) is 0 Å². The summed E-state index contributed by atoms with van der Waals surface area (Å²) in [6.07, 6.45) is 0.112. The third-order valence-corrected chi connectivity index (χ3v) is 3.54. The van der Waals surface area contributed by atoms with Crippen LogP contribution in [0.2, 0.25) is 10.0 Å². The predicted octanol–water partition coefficient (Wildman–Crippen LogP) is 3.09. The molecule has 0 atom stereocenters. The molecule has 0 aliphatic carbocycles. The normalized spacial score (nSPS) is 10.2. The van der Waals surface area contributed by atoms with E-state index in [9.17, 15) is 9.59 Å². The minimum atomic E-state index is -0.923. The van der Waals surface area contributed by atoms with Gasteiger partial charge in [0.1, 0.15) is 5.75 Å². The molecule has 5 nitrogen and oxygen atoms in total. The SMILES string of the molecule is CCN(CCC(=O)O)C(=O)CCOc1ccc(Cl)c(Cl)c1. The lowest BCUT2D eigenvalue weighted by Gasteiger charge is -2.20. The lowest BCUT2D eigenvalue weighted by molar-refractivity contribution is -0.138. The van der Waals surface area contributed by atoms with Gasteiger partial charge >= 0.3 is 5.97 Å². The van der Waals surface area contributed by atoms with Crippen molar-refractivity contribution in [1.82, 2.24) is 4.90 Å². The number of carboxylic acid groups (broad SMARTS) is 1. The Balaban J connectivity index is 2.40. The van der Waals surface area contributed by atoms with Crippen molar-refractivity contribution < 1.29 is 19.4 Å². The Labute approximate surface area is 133 Å². The molecule has 0 aliphatic rings. The Bertz CT molecular complexity index is 508. The number of carbonyl (C=O) groups excluding carboxylic acids is 1. The van der Waals surface area contributed by atoms with E-state index >= 15 is 0 Å². The van der Waals surface area contributed by atoms with Gasteiger partial charge in [0.05, 0.1) is 29.5 Å². The molecule has 7 heteroatoms. The molecule has 1 rings (SSSR count). The van der Waals surface area contributed by atoms with E-state index in [1.807, 2.05) is 0 Å². The molecule has 0 unspecified atom stereocenters. The topological polar surface area (TPSA) is 66.8 Å². The number of benzene rings is 1. The number of aliphatic carboxylic acids is 1. The number of carboxylic acids is 1. The van der Waals surface area contributed by atoms with Crippen molar-refractivity contribution in [3.8, 4) is 5.75 Å². The van der Waals surface area contributed by atoms with Gasteiger partial charge in [-0.25, -0.2) is 0 Å². The smallest absolute Gasteiger partial charge is 0.305 e. The molecule has 0 fully saturated rings. The van der Waals surface area contributed by atoms with Crippen LogP contribution in [0.25, 0.3) is 0 Å². The lowest BCUT2D eigenvalue weighted by Crippen LogP contribution is -2.33. The zero-order chi connectivity index (χ0) is 15.8. The summed E-state index contributed by atoms with van der Waals surface area (Å²) in [5, 5.41) is 9.45. The molecule has 21 heavy (non-hydrogen) atoms. The number of hydrogen-bond donors (Lipinski definition) is 1. The number of rotatable bonds is 8. The summed E-state index contributed by atoms with van der Waals surface area (Å²) in [5.41, 5.74) is 0. The number of hydrogen-bond acceptors (Lipinski definition) is 3. The Morgan fingerprint density at radius 3 is 2.52 bits per heavy atom. The molecule has 1 aromatic carbocycles. The van der Waals surface area contributed by atoms with Gasteiger partial charge in [0.25, 0.3) is 0 Å². The van der Waals surface area contributed by atoms with Crippen LogP contribution in [0.3, 0.4) is 0 Å². The van der Waals surface area contributed by atoms with E-state index in [1.165, 1.54) is 4.90 Å². The monoisotopic (exact) mass is 333 g/mol. The molecule has 0 radical (unpaired) electrons. The van der Waals surface area contributed by atoms with Crippen molar-refractivity contribution in [1.29, 1.82) is 0 Å². The van der Waals surface area contributed by atoms with Crippen LogP contribution in [0, 0.1) is 0 Å². The molecule has 0 aromatic heterocycles. The van der Waals surface area contributed by atoms with E-state index in [0.717, 1.165) is 0 Å². The first-order valence-corrected chi connectivity index (χ1v) is 7.27. The Hall–Kier alpha value is -1.46. The molecular formula is C14H17Cl2NO4. The number of ether oxygens (including phenoxy) is 1. The minimum Gasteiger partial charge on any atom is -0.493 e. The highest BCUT2D eigenvalue weighted by Gasteiger charge is 2.13. The molecule has 0 saturated carbocycles. The molecule has 0 saturated heterocycles. The zero-order valence-electron chi connectivity index (χ0n) is 11.6. The summed E-state index contributed by atoms with van der Waals surface area (Å²) in [4.78, 5) is 23.9. The van der Waals surface area contributed by atoms with Crippen LogP contribution in [0.5, 0.6) is 5.75 Å². The zero-order valence-corrected chi connectivity index (χ0v) is 13.2. The quantitative estimate of drug-likeness (QED) is 0.793. The average Bonchev–Trinajstić information content (AvgIpc) is 2.43. The van der Waals surface area contributed by atoms with Crippen LogP contribution in [0.15, 0.2) is 18.2 Å². The molecule has 1 aromatic rings. The maximum Gasteiger partial charge on any atom is 0.305 e. The molecule has 1 amide bonds. The number of amides is 1. The van der Waals surface area contributed by atoms with E-state index in [2.05, 4.69) is 0 Å². The summed E-state index contributed by atoms with van der Waals surface area (Å²) in [7, 11) is 0. The van der Waals surface area contributed by atoms with Gasteiger partial charge in [-0.05, 0) is 19.1 Å². The van der Waals surface area contributed by atoms with Crippen LogP contribution in [-0.4, -0.2) is 41.6 Å². The van der Waals surface area contributed by atoms with E-state index in [-0.39, 0.29) is 31.9 Å². The highest BCUT2D eigenvalue weighted by Crippen LogP contribution is 2.26. The Morgan fingerprint density at radius 1 is 1.24 bits per heavy atom. The summed E-state index contributed by atoms with van der Waals surface area (Å²) >= 11 is 11.6. The first-order chi connectivity index (χ1) is 9.93. The maximum absolute atomic E-state index is 11.9. The summed E-state index contributed by atoms with van der Waals surface area (Å²) in [5.74, 6) is -0.530. The van der Waals surface area contributed by atoms with E-state index in [0.29, 0.717) is 22.3 Å². The number of carbonyl (C=O) groups is 2. The van der Waals surface area contributed by atoms with Gasteiger partial charge in [0.2, 0.25) is 5.91 Å². The number of nitrogens with zero attached hydrogens (tertiary/aromatic N) is 1. The van der Waals surface area contributed by atoms with Gasteiger partial charge in [0, 0.05) is 19.2 Å². The molecule has 0 aliphatic heterocycles. The van der Waals surface area contributed by atoms with E-state index in [4.69, 9.17) is 33.0 Å². The van der Waals surface area contributed by atoms with Crippen LogP contribution in [0.1, 0.15) is 19.8 Å². The fraction of sp³-hybridized carbons (Fsp3) is 0.429. The Morgan fingerprint density at radius 2 is 1.95 bits per heavy atom. The second-order valence-corrected chi connectivity index (χ2v) is 5.11. The molecule has 116 valence electrons. The van der Waals surface area contributed by atoms with E-state index < -0.39 is 5.97 Å². The van der Waals surface area contributed by atoms with Crippen molar-refractivity contribution in [3.63, 3.8) is 0 Å². The van der Waals surface area contributed by atoms with Crippen molar-refractivity contribution in [2.75, 3.05) is 19.7 Å². The molecular weight excluding hydrogens is 317 g/mol. The standard InChI is InChI=1S/C14H17Cl2NO4/c1-2-17(7-5-14(19)20)13(18)6-8-21-10-3-4-11(15)12(16)9-10/h3-4,9H,2,5-8H2,1H3,(H,19,20). The fourth-order valence-corrected chi connectivity index (χ4v) is 1.96. The van der Waals surface area contributed by atoms with Gasteiger partial charge < -0.3 is 14.7 Å². The van der Waals surface area contributed by atoms with Crippen molar-refractivity contribution in [2.45, 2.75) is 19.8 Å². The summed E-state index contributed by atoms with van der Waals surface area (Å²) in [6.45, 7) is 2.68. The third kappa shape index (κ3) is 6.23. The average molecular weight is 334 g/mol. The predicted molar refractivity (Wildman–Crippen MR) is 81.1 cm³/mol. The third-order valence-electron chi connectivity index (χ3n) is 2.81. The minimum absolute atomic E-state index is 0.0623. The fourth-order valence-electron chi connectivity index (χ4n) is 1.67. The highest BCUT2D eigenvalue weighted by molar-refractivity contribution is 6.42. The molecule has 0 heterocycles. The van der Waals surface area contributed by atoms with E-state index in [1.54, 1.807) is 25.1 Å². The highest BCUT2D eigenvalue weighted by atomic mass is 35.5. The van der Waals surface area contributed by atoms with Crippen LogP contribution in [0.4, 0.5) is 0 Å². The molecule has 0 spiro atoms. The number of halogens is 2. The van der Waals surface area contributed by atoms with Gasteiger partial charge in [0.15, 0.2) is 0 Å². The molecule has 0 bridgehead atoms. The maximum atomic E-state index is 11.9. The summed E-state index contributed by atoms with van der Waals surface area (Å²) in [6, 6.07) is 4.86. The van der Waals surface area contributed by atoms with Crippen LogP contribution < -0.4 is 4.74 Å². The van der Waals surface area contributed by atoms with Crippen molar-refractivity contribution in [2.24, 2.45) is 0 Å². The first-order valence-electron chi connectivity index (χ1n) is 6.51. The van der Waals surface area contributed by atoms with Crippen molar-refractivity contribution >= 4 is 35.1 Å². The van der Waals surface area contributed by atoms with Gasteiger partial charge in [-0.3, -0.25) is 9.59 Å². The Kier molecular flexibility index (Phi) is 7.32. The van der Waals surface area contributed by atoms with Gasteiger partial charge in [-0.2, -0.15) is 0 Å². The molecule has 1 N–H and O–H groups in total. The van der Waals surface area contributed by atoms with Crippen molar-refractivity contribution in [3.05, 3.63) is 28.2 Å². The largest absolute Gasteiger partial charge is 0.493 e. The lowest BCUT2D eigenvalue weighted by atomic mass is 10.3. The van der Waals surface area contributed by atoms with Crippen LogP contribution in [-0.2, 0) is 9.59 Å². The second-order valence-electron chi connectivity index (χ2n) is 4.29. The summed E-state index contributed by atoms with van der Waals surface area (Å²) < 4.78 is 5.43.